The van der Waals surface area contributed by atoms with Crippen molar-refractivity contribution < 1.29 is 39.1 Å². The van der Waals surface area contributed by atoms with Crippen LogP contribution in [0.2, 0.25) is 0 Å². The van der Waals surface area contributed by atoms with E-state index in [0.29, 0.717) is 26.1 Å². The fourth-order valence-electron chi connectivity index (χ4n) is 14.0. The molecule has 14 heteroatoms. The summed E-state index contributed by atoms with van der Waals surface area (Å²) in [6, 6.07) is 32.6. The van der Waals surface area contributed by atoms with Gasteiger partial charge in [-0.2, -0.15) is 0 Å². The Hall–Kier alpha value is -6.78. The second-order valence-electron chi connectivity index (χ2n) is 19.7. The van der Waals surface area contributed by atoms with E-state index in [1.54, 1.807) is 0 Å². The van der Waals surface area contributed by atoms with Crippen molar-refractivity contribution in [3.05, 3.63) is 119 Å². The number of benzene rings is 6. The van der Waals surface area contributed by atoms with Crippen LogP contribution in [0.15, 0.2) is 97.1 Å². The standard InChI is InChI=1S/C28H25N3O4.C26H21N3O4/c1-3-34-28(14-32)12-20-30-18-10-6-4-8-15(18)22-23-17(13-29-26(23)33)21-16-9-5-7-11-19(16)31(25(21)24(22)30)27(28,2)35-20;1-25-26(32,12-30)10-18(33-25)28-16-8-4-2-6-13(16)20-21-15(11-27-24(21)31)19-14-7-3-5-9-17(14)29(25)23(19)22(20)28/h4-11,20,32H,3,12-14H2,1-2H3,(H,29,33);2-9,18,30,32H,10-12H2,1H3,(H,27,31)/t20-,27+,28+;18-,25+,26+/m11/s1. The second-order valence-corrected chi connectivity index (χ2v) is 19.7. The van der Waals surface area contributed by atoms with Crippen LogP contribution in [-0.2, 0) is 38.8 Å². The number of hydrogen-bond donors (Lipinski definition) is 5. The Morgan fingerprint density at radius 1 is 0.588 bits per heavy atom. The minimum absolute atomic E-state index is 0.0257. The highest BCUT2D eigenvalue weighted by atomic mass is 16.6. The molecule has 14 nitrogen and oxygen atoms in total. The normalized spacial score (nSPS) is 27.4. The molecule has 0 saturated carbocycles. The van der Waals surface area contributed by atoms with Crippen molar-refractivity contribution in [2.75, 3.05) is 19.8 Å². The average Bonchev–Trinajstić information content (AvgIpc) is 4.22. The molecule has 6 atom stereocenters. The van der Waals surface area contributed by atoms with Gasteiger partial charge in [0.15, 0.2) is 11.4 Å². The number of hydrogen-bond acceptors (Lipinski definition) is 8. The topological polar surface area (TPSA) is 166 Å². The van der Waals surface area contributed by atoms with E-state index in [1.807, 2.05) is 87.5 Å². The van der Waals surface area contributed by atoms with E-state index in [-0.39, 0.29) is 31.1 Å². The van der Waals surface area contributed by atoms with Crippen LogP contribution in [0.25, 0.3) is 87.2 Å². The van der Waals surface area contributed by atoms with Gasteiger partial charge in [-0.25, -0.2) is 0 Å². The van der Waals surface area contributed by atoms with Gasteiger partial charge in [-0.1, -0.05) is 72.8 Å². The first-order valence-electron chi connectivity index (χ1n) is 23.6. The minimum Gasteiger partial charge on any atom is -0.393 e. The van der Waals surface area contributed by atoms with Crippen LogP contribution in [0.3, 0.4) is 0 Å². The molecule has 0 unspecified atom stereocenters. The fourth-order valence-corrected chi connectivity index (χ4v) is 14.0. The Bertz CT molecular complexity index is 4010. The van der Waals surface area contributed by atoms with E-state index in [1.165, 1.54) is 0 Å². The van der Waals surface area contributed by atoms with Gasteiger partial charge in [0, 0.05) is 75.6 Å². The molecule has 4 bridgehead atoms. The molecule has 10 heterocycles. The number of ether oxygens (including phenoxy) is 3. The number of carbonyl (C=O) groups excluding carboxylic acids is 2. The zero-order valence-electron chi connectivity index (χ0n) is 37.5. The Labute approximate surface area is 386 Å². The molecule has 10 aromatic rings. The van der Waals surface area contributed by atoms with E-state index < -0.39 is 35.5 Å². The number of fused-ring (bicyclic) bond motifs is 26. The lowest BCUT2D eigenvalue weighted by Gasteiger charge is -2.42. The number of para-hydroxylation sites is 4. The van der Waals surface area contributed by atoms with Crippen LogP contribution in [0, 0.1) is 0 Å². The van der Waals surface area contributed by atoms with Gasteiger partial charge in [-0.3, -0.25) is 9.59 Å². The van der Waals surface area contributed by atoms with Gasteiger partial charge in [0.05, 0.1) is 68.5 Å². The number of aliphatic hydroxyl groups is 3. The van der Waals surface area contributed by atoms with Crippen LogP contribution < -0.4 is 10.6 Å². The molecule has 0 spiro atoms. The van der Waals surface area contributed by atoms with Crippen molar-refractivity contribution in [3.63, 3.8) is 0 Å². The first-order valence-corrected chi connectivity index (χ1v) is 23.6. The molecular weight excluding hydrogens is 861 g/mol. The van der Waals surface area contributed by atoms with Crippen LogP contribution in [0.4, 0.5) is 0 Å². The van der Waals surface area contributed by atoms with Crippen molar-refractivity contribution in [1.29, 1.82) is 0 Å². The van der Waals surface area contributed by atoms with Gasteiger partial charge < -0.3 is 58.4 Å². The van der Waals surface area contributed by atoms with Gasteiger partial charge in [0.2, 0.25) is 0 Å². The summed E-state index contributed by atoms with van der Waals surface area (Å²) in [5, 5.41) is 47.2. The molecule has 4 aromatic heterocycles. The van der Waals surface area contributed by atoms with Gasteiger partial charge in [0.1, 0.15) is 23.7 Å². The Balaban J connectivity index is 0.000000124. The smallest absolute Gasteiger partial charge is 0.252 e. The quantitative estimate of drug-likeness (QED) is 0.119. The average molecular weight is 907 g/mol. The monoisotopic (exact) mass is 906 g/mol. The summed E-state index contributed by atoms with van der Waals surface area (Å²) in [6.45, 7) is 6.70. The summed E-state index contributed by atoms with van der Waals surface area (Å²) < 4.78 is 28.7. The first kappa shape index (κ1) is 39.2. The third-order valence-electron chi connectivity index (χ3n) is 16.9. The van der Waals surface area contributed by atoms with Gasteiger partial charge in [-0.05, 0) is 56.2 Å². The molecule has 6 aromatic carbocycles. The predicted octanol–water partition coefficient (Wildman–Crippen LogP) is 7.99. The maximum atomic E-state index is 13.3. The van der Waals surface area contributed by atoms with Crippen molar-refractivity contribution in [3.8, 4) is 0 Å². The summed E-state index contributed by atoms with van der Waals surface area (Å²) in [5.74, 6) is -0.0813. The summed E-state index contributed by atoms with van der Waals surface area (Å²) in [4.78, 5) is 26.4. The number of carbonyl (C=O) groups is 2. The maximum absolute atomic E-state index is 13.3. The molecular formula is C54H46N6O8. The summed E-state index contributed by atoms with van der Waals surface area (Å²) in [5.41, 5.74) is 6.81. The van der Waals surface area contributed by atoms with Crippen LogP contribution in [0.1, 0.15) is 77.9 Å². The molecule has 0 aliphatic carbocycles. The van der Waals surface area contributed by atoms with E-state index in [2.05, 4.69) is 59.2 Å². The largest absolute Gasteiger partial charge is 0.393 e. The molecule has 2 fully saturated rings. The number of nitrogens with zero attached hydrogens (tertiary/aromatic N) is 4. The van der Waals surface area contributed by atoms with Crippen molar-refractivity contribution in [2.24, 2.45) is 0 Å². The zero-order chi connectivity index (χ0) is 46.0. The van der Waals surface area contributed by atoms with Crippen LogP contribution in [0.5, 0.6) is 0 Å². The summed E-state index contributed by atoms with van der Waals surface area (Å²) >= 11 is 0. The summed E-state index contributed by atoms with van der Waals surface area (Å²) in [6.07, 6.45) is -0.104. The highest BCUT2D eigenvalue weighted by Gasteiger charge is 2.63. The molecule has 68 heavy (non-hydrogen) atoms. The molecule has 16 rings (SSSR count). The van der Waals surface area contributed by atoms with Crippen molar-refractivity contribution in [2.45, 2.75) is 81.8 Å². The molecule has 340 valence electrons. The van der Waals surface area contributed by atoms with Gasteiger partial charge in [0.25, 0.3) is 11.8 Å². The number of aromatic nitrogens is 4. The molecule has 6 aliphatic heterocycles. The predicted molar refractivity (Wildman–Crippen MR) is 257 cm³/mol. The third kappa shape index (κ3) is 4.18. The Morgan fingerprint density at radius 2 is 1.01 bits per heavy atom. The molecule has 0 radical (unpaired) electrons. The highest BCUT2D eigenvalue weighted by Crippen LogP contribution is 2.60. The van der Waals surface area contributed by atoms with E-state index in [9.17, 15) is 24.9 Å². The lowest BCUT2D eigenvalue weighted by Crippen LogP contribution is -2.54. The first-order chi connectivity index (χ1) is 33.0. The van der Waals surface area contributed by atoms with Gasteiger partial charge >= 0.3 is 0 Å². The molecule has 2 amide bonds. The highest BCUT2D eigenvalue weighted by molar-refractivity contribution is 6.32. The number of rotatable bonds is 4. The SMILES string of the molecule is CCO[C@]1(CO)C[C@H]2O[C@]1(C)n1c3ccccc3c3c4c(c5c6ccccc6n2c5c31)C(=O)NC4.C[C@]12O[C@H](C[C@]1(O)CO)n1c3ccccc3c3c4c(c5c6ccccc6n2c5c31)CNC4=O. The third-order valence-corrected chi connectivity index (χ3v) is 16.9. The van der Waals surface area contributed by atoms with Crippen molar-refractivity contribution in [1.82, 2.24) is 28.9 Å². The summed E-state index contributed by atoms with van der Waals surface area (Å²) in [7, 11) is 0. The molecule has 6 aliphatic rings. The zero-order valence-corrected chi connectivity index (χ0v) is 37.5. The number of aliphatic hydroxyl groups excluding tert-OH is 2. The van der Waals surface area contributed by atoms with E-state index in [4.69, 9.17) is 14.2 Å². The molecule has 2 saturated heterocycles. The van der Waals surface area contributed by atoms with E-state index >= 15 is 0 Å². The van der Waals surface area contributed by atoms with E-state index in [0.717, 1.165) is 109 Å². The maximum Gasteiger partial charge on any atom is 0.252 e. The number of nitrogens with one attached hydrogen (secondary N) is 2. The molecule has 5 N–H and O–H groups in total. The van der Waals surface area contributed by atoms with Crippen LogP contribution in [-0.4, -0.2) is 76.4 Å². The Morgan fingerprint density at radius 3 is 1.49 bits per heavy atom. The number of amides is 2. The second kappa shape index (κ2) is 12.6. The fraction of sp³-hybridized carbons (Fsp3) is 0.296. The van der Waals surface area contributed by atoms with Crippen LogP contribution >= 0.6 is 0 Å². The lowest BCUT2D eigenvalue weighted by molar-refractivity contribution is -0.210. The van der Waals surface area contributed by atoms with Crippen molar-refractivity contribution >= 4 is 99.0 Å². The Kier molecular flexibility index (Phi) is 7.30. The lowest BCUT2D eigenvalue weighted by atomic mass is 9.89. The minimum atomic E-state index is -1.48. The van der Waals surface area contributed by atoms with Gasteiger partial charge in [-0.15, -0.1) is 0 Å².